The Kier molecular flexibility index (Phi) is 4.70. The first-order valence-electron chi connectivity index (χ1n) is 9.77. The van der Waals surface area contributed by atoms with Crippen LogP contribution < -0.4 is 11.1 Å². The van der Waals surface area contributed by atoms with Crippen LogP contribution in [0.1, 0.15) is 42.1 Å². The lowest BCUT2D eigenvalue weighted by Gasteiger charge is -2.12. The van der Waals surface area contributed by atoms with E-state index in [9.17, 15) is 14.9 Å². The minimum atomic E-state index is -0.451. The van der Waals surface area contributed by atoms with Gasteiger partial charge in [-0.3, -0.25) is 18.6 Å². The molecule has 152 valence electrons. The van der Waals surface area contributed by atoms with Crippen LogP contribution in [0.4, 0.5) is 0 Å². The van der Waals surface area contributed by atoms with Crippen molar-refractivity contribution in [2.45, 2.75) is 40.2 Å². The summed E-state index contributed by atoms with van der Waals surface area (Å²) in [5, 5.41) is 23.0. The summed E-state index contributed by atoms with van der Waals surface area (Å²) in [6.45, 7) is 5.80. The highest BCUT2D eigenvalue weighted by molar-refractivity contribution is 5.81. The second-order valence-corrected chi connectivity index (χ2v) is 7.22. The molecule has 1 aromatic carbocycles. The molecule has 0 N–H and O–H groups in total. The van der Waals surface area contributed by atoms with Crippen LogP contribution in [0.25, 0.3) is 16.7 Å². The van der Waals surface area contributed by atoms with Crippen LogP contribution in [0.15, 0.2) is 27.8 Å². The molecule has 9 nitrogen and oxygen atoms in total. The number of hydrogen-bond donors (Lipinski definition) is 0. The van der Waals surface area contributed by atoms with Gasteiger partial charge in [-0.1, -0.05) is 25.5 Å². The summed E-state index contributed by atoms with van der Waals surface area (Å²) in [6.07, 6.45) is 1.17. The number of nitrogens with zero attached hydrogens (tertiary/aromatic N) is 7. The van der Waals surface area contributed by atoms with Crippen LogP contribution in [0.3, 0.4) is 0 Å². The number of hydrogen-bond acceptors (Lipinski definition) is 6. The van der Waals surface area contributed by atoms with Crippen molar-refractivity contribution in [3.63, 3.8) is 0 Å². The molecule has 0 spiro atoms. The summed E-state index contributed by atoms with van der Waals surface area (Å²) in [4.78, 5) is 25.6. The maximum Gasteiger partial charge on any atom is 0.285 e. The summed E-state index contributed by atoms with van der Waals surface area (Å²) in [6, 6.07) is 7.62. The van der Waals surface area contributed by atoms with Crippen molar-refractivity contribution >= 4 is 16.7 Å². The standard InChI is InChI=1S/C21H21N7O2/c1-5-13-15(10-22)20(30)27(25-16(13)6-2)11-18-23-24-21-26(4)19(29)14-9-12(3)7-8-17(14)28(18)21/h7-9H,5-6,11H2,1-4H3. The number of rotatable bonds is 4. The van der Waals surface area contributed by atoms with E-state index in [0.717, 1.165) is 11.3 Å². The Bertz CT molecular complexity index is 1470. The van der Waals surface area contributed by atoms with E-state index in [1.165, 1.54) is 9.25 Å². The molecule has 0 atom stereocenters. The number of fused-ring (bicyclic) bond motifs is 3. The van der Waals surface area contributed by atoms with Crippen molar-refractivity contribution in [2.75, 3.05) is 0 Å². The predicted molar refractivity (Wildman–Crippen MR) is 112 cm³/mol. The van der Waals surface area contributed by atoms with Gasteiger partial charge in [-0.2, -0.15) is 10.4 Å². The molecule has 0 aliphatic carbocycles. The normalized spacial score (nSPS) is 11.3. The SMILES string of the molecule is CCc1nn(Cc2nnc3n(C)c(=O)c4cc(C)ccc4n23)c(=O)c(C#N)c1CC. The van der Waals surface area contributed by atoms with E-state index in [0.29, 0.717) is 40.9 Å². The van der Waals surface area contributed by atoms with Gasteiger partial charge in [0.2, 0.25) is 5.78 Å². The Morgan fingerprint density at radius 1 is 1.10 bits per heavy atom. The van der Waals surface area contributed by atoms with E-state index in [4.69, 9.17) is 0 Å². The van der Waals surface area contributed by atoms with Crippen LogP contribution in [-0.2, 0) is 26.4 Å². The molecule has 0 bridgehead atoms. The number of benzene rings is 1. The van der Waals surface area contributed by atoms with Gasteiger partial charge in [-0.15, -0.1) is 10.2 Å². The third-order valence-electron chi connectivity index (χ3n) is 5.37. The largest absolute Gasteiger partial charge is 0.285 e. The van der Waals surface area contributed by atoms with Crippen molar-refractivity contribution in [1.29, 1.82) is 5.26 Å². The maximum atomic E-state index is 12.9. The van der Waals surface area contributed by atoms with Gasteiger partial charge in [-0.25, -0.2) is 4.68 Å². The second kappa shape index (κ2) is 7.22. The lowest BCUT2D eigenvalue weighted by atomic mass is 10.0. The van der Waals surface area contributed by atoms with Gasteiger partial charge in [0.25, 0.3) is 11.1 Å². The molecule has 3 heterocycles. The molecule has 0 fully saturated rings. The molecule has 0 saturated carbocycles. The van der Waals surface area contributed by atoms with Crippen molar-refractivity contribution in [3.05, 3.63) is 67.1 Å². The molecule has 0 aliphatic rings. The molecule has 30 heavy (non-hydrogen) atoms. The molecule has 0 unspecified atom stereocenters. The van der Waals surface area contributed by atoms with Crippen LogP contribution in [0, 0.1) is 18.3 Å². The molecular weight excluding hydrogens is 382 g/mol. The minimum Gasteiger partial charge on any atom is -0.279 e. The highest BCUT2D eigenvalue weighted by atomic mass is 16.1. The van der Waals surface area contributed by atoms with E-state index < -0.39 is 5.56 Å². The first kappa shape index (κ1) is 19.5. The highest BCUT2D eigenvalue weighted by Crippen LogP contribution is 2.17. The van der Waals surface area contributed by atoms with Crippen molar-refractivity contribution in [3.8, 4) is 6.07 Å². The fourth-order valence-electron chi connectivity index (χ4n) is 3.84. The topological polar surface area (TPSA) is 111 Å². The van der Waals surface area contributed by atoms with Crippen LogP contribution >= 0.6 is 0 Å². The zero-order chi connectivity index (χ0) is 21.6. The van der Waals surface area contributed by atoms with Gasteiger partial charge in [0.05, 0.1) is 16.6 Å². The zero-order valence-corrected chi connectivity index (χ0v) is 17.3. The Labute approximate surface area is 171 Å². The van der Waals surface area contributed by atoms with Crippen molar-refractivity contribution < 1.29 is 0 Å². The van der Waals surface area contributed by atoms with E-state index >= 15 is 0 Å². The number of aromatic nitrogens is 6. The van der Waals surface area contributed by atoms with Crippen LogP contribution in [-0.4, -0.2) is 28.9 Å². The molecule has 4 aromatic rings. The molecule has 3 aromatic heterocycles. The first-order valence-corrected chi connectivity index (χ1v) is 9.77. The van der Waals surface area contributed by atoms with E-state index in [1.54, 1.807) is 11.4 Å². The fraction of sp³-hybridized carbons (Fsp3) is 0.333. The average molecular weight is 403 g/mol. The average Bonchev–Trinajstić information content (AvgIpc) is 3.16. The smallest absolute Gasteiger partial charge is 0.279 e. The number of aryl methyl sites for hydroxylation is 3. The molecule has 0 saturated heterocycles. The molecule has 4 rings (SSSR count). The monoisotopic (exact) mass is 403 g/mol. The van der Waals surface area contributed by atoms with Gasteiger partial charge in [-0.05, 0) is 37.5 Å². The van der Waals surface area contributed by atoms with Gasteiger partial charge in [0.15, 0.2) is 5.82 Å². The Hall–Kier alpha value is -3.80. The van der Waals surface area contributed by atoms with Crippen LogP contribution in [0.2, 0.25) is 0 Å². The Balaban J connectivity index is 1.99. The maximum absolute atomic E-state index is 12.9. The van der Waals surface area contributed by atoms with Crippen molar-refractivity contribution in [2.24, 2.45) is 7.05 Å². The van der Waals surface area contributed by atoms with Crippen molar-refractivity contribution in [1.82, 2.24) is 28.9 Å². The van der Waals surface area contributed by atoms with Gasteiger partial charge >= 0.3 is 0 Å². The lowest BCUT2D eigenvalue weighted by molar-refractivity contribution is 0.589. The fourth-order valence-corrected chi connectivity index (χ4v) is 3.84. The van der Waals surface area contributed by atoms with Gasteiger partial charge < -0.3 is 0 Å². The Morgan fingerprint density at radius 3 is 2.53 bits per heavy atom. The molecule has 0 aliphatic heterocycles. The quantitative estimate of drug-likeness (QED) is 0.510. The first-order chi connectivity index (χ1) is 14.4. The predicted octanol–water partition coefficient (Wildman–Crippen LogP) is 1.49. The van der Waals surface area contributed by atoms with E-state index in [1.807, 2.05) is 45.0 Å². The summed E-state index contributed by atoms with van der Waals surface area (Å²) in [7, 11) is 1.64. The highest BCUT2D eigenvalue weighted by Gasteiger charge is 2.19. The van der Waals surface area contributed by atoms with Crippen LogP contribution in [0.5, 0.6) is 0 Å². The van der Waals surface area contributed by atoms with E-state index in [-0.39, 0.29) is 17.7 Å². The van der Waals surface area contributed by atoms with Gasteiger partial charge in [0.1, 0.15) is 18.2 Å². The number of nitriles is 1. The minimum absolute atomic E-state index is 0.0346. The molecule has 0 radical (unpaired) electrons. The summed E-state index contributed by atoms with van der Waals surface area (Å²) in [5.74, 6) is 0.833. The third-order valence-corrected chi connectivity index (χ3v) is 5.37. The molecular formula is C21H21N7O2. The Morgan fingerprint density at radius 2 is 1.87 bits per heavy atom. The lowest BCUT2D eigenvalue weighted by Crippen LogP contribution is -2.30. The van der Waals surface area contributed by atoms with Gasteiger partial charge in [0, 0.05) is 7.05 Å². The second-order valence-electron chi connectivity index (χ2n) is 7.22. The zero-order valence-electron chi connectivity index (χ0n) is 17.3. The molecule has 9 heteroatoms. The van der Waals surface area contributed by atoms with E-state index in [2.05, 4.69) is 15.3 Å². The summed E-state index contributed by atoms with van der Waals surface area (Å²) >= 11 is 0. The molecule has 0 amide bonds. The summed E-state index contributed by atoms with van der Waals surface area (Å²) in [5.41, 5.74) is 2.54. The third kappa shape index (κ3) is 2.80. The summed E-state index contributed by atoms with van der Waals surface area (Å²) < 4.78 is 4.46.